The second-order valence-corrected chi connectivity index (χ2v) is 8.73. The van der Waals surface area contributed by atoms with E-state index in [1.54, 1.807) is 43.3 Å². The third-order valence-corrected chi connectivity index (χ3v) is 6.66. The third-order valence-electron chi connectivity index (χ3n) is 4.97. The summed E-state index contributed by atoms with van der Waals surface area (Å²) < 4.78 is 25.4. The van der Waals surface area contributed by atoms with Gasteiger partial charge in [0, 0.05) is 18.2 Å². The molecule has 142 valence electrons. The van der Waals surface area contributed by atoms with Crippen LogP contribution in [-0.2, 0) is 20.4 Å². The van der Waals surface area contributed by atoms with Gasteiger partial charge >= 0.3 is 5.97 Å². The Kier molecular flexibility index (Phi) is 5.32. The van der Waals surface area contributed by atoms with E-state index in [0.29, 0.717) is 18.5 Å². The molecule has 2 aromatic carbocycles. The fraction of sp³-hybridized carbons (Fsp3) is 0.300. The van der Waals surface area contributed by atoms with E-state index in [1.165, 1.54) is 17.0 Å². The molecule has 0 aromatic heterocycles. The zero-order chi connectivity index (χ0) is 19.6. The maximum absolute atomic E-state index is 12.8. The van der Waals surface area contributed by atoms with Crippen molar-refractivity contribution in [1.82, 2.24) is 4.90 Å². The van der Waals surface area contributed by atoms with Crippen molar-refractivity contribution in [3.8, 4) is 0 Å². The smallest absolute Gasteiger partial charge is 0.308 e. The minimum Gasteiger partial charge on any atom is -0.481 e. The minimum absolute atomic E-state index is 0.0823. The van der Waals surface area contributed by atoms with E-state index >= 15 is 0 Å². The van der Waals surface area contributed by atoms with Crippen molar-refractivity contribution >= 4 is 21.7 Å². The first kappa shape index (κ1) is 19.1. The van der Waals surface area contributed by atoms with E-state index in [2.05, 4.69) is 0 Å². The number of carbonyl (C=O) groups excluding carboxylic acids is 1. The van der Waals surface area contributed by atoms with Gasteiger partial charge in [-0.05, 0) is 37.1 Å². The van der Waals surface area contributed by atoms with Crippen molar-refractivity contribution in [2.75, 3.05) is 6.54 Å². The van der Waals surface area contributed by atoms with Crippen LogP contribution in [0.1, 0.15) is 29.3 Å². The summed E-state index contributed by atoms with van der Waals surface area (Å²) in [5, 5.41) is 9.23. The number of carboxylic acid groups (broad SMARTS) is 1. The molecule has 1 N–H and O–H groups in total. The lowest BCUT2D eigenvalue weighted by Gasteiger charge is -2.23. The van der Waals surface area contributed by atoms with E-state index in [9.17, 15) is 23.1 Å². The SMILES string of the molecule is CC1C(C(=O)O)CCN1C(=O)c1cccc(S(=O)(=O)Cc2ccccc2)c1. The zero-order valence-electron chi connectivity index (χ0n) is 14.9. The third kappa shape index (κ3) is 4.03. The lowest BCUT2D eigenvalue weighted by atomic mass is 10.0. The highest BCUT2D eigenvalue weighted by molar-refractivity contribution is 7.90. The summed E-state index contributed by atoms with van der Waals surface area (Å²) in [5.74, 6) is -2.01. The molecule has 0 spiro atoms. The van der Waals surface area contributed by atoms with Gasteiger partial charge < -0.3 is 10.0 Å². The summed E-state index contributed by atoms with van der Waals surface area (Å²) in [6, 6.07) is 14.4. The summed E-state index contributed by atoms with van der Waals surface area (Å²) in [6.07, 6.45) is 0.397. The Balaban J connectivity index is 1.83. The largest absolute Gasteiger partial charge is 0.481 e. The standard InChI is InChI=1S/C20H21NO5S/c1-14-18(20(23)24)10-11-21(14)19(22)16-8-5-9-17(12-16)27(25,26)13-15-6-3-2-4-7-15/h2-9,12,14,18H,10-11,13H2,1H3,(H,23,24). The van der Waals surface area contributed by atoms with Crippen LogP contribution < -0.4 is 0 Å². The van der Waals surface area contributed by atoms with Gasteiger partial charge in [-0.15, -0.1) is 0 Å². The van der Waals surface area contributed by atoms with Crippen molar-refractivity contribution in [2.45, 2.75) is 30.0 Å². The van der Waals surface area contributed by atoms with E-state index in [-0.39, 0.29) is 22.1 Å². The molecule has 1 saturated heterocycles. The number of hydrogen-bond donors (Lipinski definition) is 1. The van der Waals surface area contributed by atoms with Crippen molar-refractivity contribution < 1.29 is 23.1 Å². The van der Waals surface area contributed by atoms with Crippen molar-refractivity contribution in [2.24, 2.45) is 5.92 Å². The molecule has 0 radical (unpaired) electrons. The number of nitrogens with zero attached hydrogens (tertiary/aromatic N) is 1. The first-order valence-electron chi connectivity index (χ1n) is 8.70. The average Bonchev–Trinajstić information content (AvgIpc) is 3.03. The number of hydrogen-bond acceptors (Lipinski definition) is 4. The van der Waals surface area contributed by atoms with Gasteiger partial charge in [-0.2, -0.15) is 0 Å². The molecule has 0 aliphatic carbocycles. The molecular weight excluding hydrogens is 366 g/mol. The molecule has 2 unspecified atom stereocenters. The molecule has 1 fully saturated rings. The molecule has 1 aliphatic rings. The predicted molar refractivity (Wildman–Crippen MR) is 100 cm³/mol. The summed E-state index contributed by atoms with van der Waals surface area (Å²) >= 11 is 0. The van der Waals surface area contributed by atoms with Crippen molar-refractivity contribution in [3.63, 3.8) is 0 Å². The van der Waals surface area contributed by atoms with Crippen LogP contribution in [0.15, 0.2) is 59.5 Å². The molecule has 6 nitrogen and oxygen atoms in total. The highest BCUT2D eigenvalue weighted by atomic mass is 32.2. The topological polar surface area (TPSA) is 91.8 Å². The molecule has 7 heteroatoms. The number of benzene rings is 2. The zero-order valence-corrected chi connectivity index (χ0v) is 15.7. The second-order valence-electron chi connectivity index (χ2n) is 6.75. The van der Waals surface area contributed by atoms with E-state index < -0.39 is 27.8 Å². The van der Waals surface area contributed by atoms with Crippen LogP contribution >= 0.6 is 0 Å². The van der Waals surface area contributed by atoms with Crippen LogP contribution in [0.3, 0.4) is 0 Å². The number of sulfone groups is 1. The quantitative estimate of drug-likeness (QED) is 0.851. The Hall–Kier alpha value is -2.67. The summed E-state index contributed by atoms with van der Waals surface area (Å²) in [6.45, 7) is 2.05. The van der Waals surface area contributed by atoms with Gasteiger partial charge in [0.1, 0.15) is 0 Å². The van der Waals surface area contributed by atoms with Gasteiger partial charge in [0.25, 0.3) is 5.91 Å². The Morgan fingerprint density at radius 1 is 1.11 bits per heavy atom. The van der Waals surface area contributed by atoms with Crippen molar-refractivity contribution in [1.29, 1.82) is 0 Å². The fourth-order valence-corrected chi connectivity index (χ4v) is 4.81. The summed E-state index contributed by atoms with van der Waals surface area (Å²) in [4.78, 5) is 25.6. The number of likely N-dealkylation sites (tertiary alicyclic amines) is 1. The molecule has 1 amide bonds. The number of rotatable bonds is 5. The first-order valence-corrected chi connectivity index (χ1v) is 10.4. The molecule has 2 aromatic rings. The van der Waals surface area contributed by atoms with Crippen LogP contribution in [-0.4, -0.2) is 42.9 Å². The lowest BCUT2D eigenvalue weighted by Crippen LogP contribution is -2.37. The Labute approximate surface area is 158 Å². The molecule has 2 atom stereocenters. The normalized spacial score (nSPS) is 19.8. The molecule has 1 heterocycles. The monoisotopic (exact) mass is 387 g/mol. The van der Waals surface area contributed by atoms with Crippen LogP contribution in [0.5, 0.6) is 0 Å². The lowest BCUT2D eigenvalue weighted by molar-refractivity contribution is -0.142. The van der Waals surface area contributed by atoms with Crippen LogP contribution in [0, 0.1) is 5.92 Å². The van der Waals surface area contributed by atoms with Crippen LogP contribution in [0.4, 0.5) is 0 Å². The van der Waals surface area contributed by atoms with Crippen molar-refractivity contribution in [3.05, 3.63) is 65.7 Å². The minimum atomic E-state index is -3.60. The number of carboxylic acids is 1. The van der Waals surface area contributed by atoms with E-state index in [4.69, 9.17) is 0 Å². The van der Waals surface area contributed by atoms with Gasteiger partial charge in [-0.25, -0.2) is 8.42 Å². The molecule has 1 aliphatic heterocycles. The first-order chi connectivity index (χ1) is 12.8. The van der Waals surface area contributed by atoms with Crippen LogP contribution in [0.25, 0.3) is 0 Å². The van der Waals surface area contributed by atoms with Gasteiger partial charge in [-0.3, -0.25) is 9.59 Å². The second kappa shape index (κ2) is 7.52. The fourth-order valence-electron chi connectivity index (χ4n) is 3.42. The maximum Gasteiger partial charge on any atom is 0.308 e. The maximum atomic E-state index is 12.8. The van der Waals surface area contributed by atoms with Gasteiger partial charge in [-0.1, -0.05) is 36.4 Å². The molecular formula is C20H21NO5S. The highest BCUT2D eigenvalue weighted by Crippen LogP contribution is 2.27. The predicted octanol–water partition coefficient (Wildman–Crippen LogP) is 2.60. The molecule has 0 saturated carbocycles. The van der Waals surface area contributed by atoms with Crippen LogP contribution in [0.2, 0.25) is 0 Å². The molecule has 3 rings (SSSR count). The van der Waals surface area contributed by atoms with Gasteiger partial charge in [0.2, 0.25) is 0 Å². The molecule has 0 bridgehead atoms. The van der Waals surface area contributed by atoms with E-state index in [0.717, 1.165) is 0 Å². The number of amides is 1. The number of carbonyl (C=O) groups is 2. The molecule has 27 heavy (non-hydrogen) atoms. The Bertz CT molecular complexity index is 955. The number of aliphatic carboxylic acids is 1. The van der Waals surface area contributed by atoms with Gasteiger partial charge in [0.15, 0.2) is 9.84 Å². The van der Waals surface area contributed by atoms with Gasteiger partial charge in [0.05, 0.1) is 16.6 Å². The summed E-state index contributed by atoms with van der Waals surface area (Å²) in [5.41, 5.74) is 0.925. The average molecular weight is 387 g/mol. The highest BCUT2D eigenvalue weighted by Gasteiger charge is 2.38. The Morgan fingerprint density at radius 2 is 1.81 bits per heavy atom. The Morgan fingerprint density at radius 3 is 2.44 bits per heavy atom. The summed E-state index contributed by atoms with van der Waals surface area (Å²) in [7, 11) is -3.60. The van der Waals surface area contributed by atoms with E-state index in [1.807, 2.05) is 6.07 Å².